The zero-order valence-corrected chi connectivity index (χ0v) is 11.1. The van der Waals surface area contributed by atoms with Crippen molar-refractivity contribution in [2.24, 2.45) is 0 Å². The van der Waals surface area contributed by atoms with Gasteiger partial charge in [0.2, 0.25) is 0 Å². The van der Waals surface area contributed by atoms with Crippen LogP contribution in [0.4, 0.5) is 5.69 Å². The molecule has 0 saturated carbocycles. The smallest absolute Gasteiger partial charge is 0.253 e. The monoisotopic (exact) mass is 261 g/mol. The fourth-order valence-electron chi connectivity index (χ4n) is 1.65. The second-order valence-electron chi connectivity index (χ2n) is 4.11. The van der Waals surface area contributed by atoms with Gasteiger partial charge in [-0.1, -0.05) is 0 Å². The first-order chi connectivity index (χ1) is 8.58. The fourth-order valence-corrected chi connectivity index (χ4v) is 2.52. The third kappa shape index (κ3) is 2.68. The number of aryl methyl sites for hydroxylation is 1. The van der Waals surface area contributed by atoms with E-state index >= 15 is 0 Å². The van der Waals surface area contributed by atoms with Gasteiger partial charge in [-0.25, -0.2) is 0 Å². The molecule has 2 aromatic rings. The minimum atomic E-state index is -0.173. The van der Waals surface area contributed by atoms with E-state index < -0.39 is 0 Å². The summed E-state index contributed by atoms with van der Waals surface area (Å²) in [5, 5.41) is 2.93. The summed E-state index contributed by atoms with van der Waals surface area (Å²) in [5.74, 6) is -0.173. The highest BCUT2D eigenvalue weighted by Crippen LogP contribution is 2.22. The molecular weight excluding hydrogens is 246 g/mol. The Hall–Kier alpha value is -1.88. The van der Waals surface area contributed by atoms with E-state index in [0.717, 1.165) is 4.88 Å². The van der Waals surface area contributed by atoms with Crippen molar-refractivity contribution in [1.29, 1.82) is 0 Å². The van der Waals surface area contributed by atoms with Gasteiger partial charge in [0.25, 0.3) is 5.91 Å². The first-order valence-corrected chi connectivity index (χ1v) is 6.46. The number of carbonyl (C=O) groups is 1. The summed E-state index contributed by atoms with van der Waals surface area (Å²) in [6.45, 7) is 4.00. The summed E-state index contributed by atoms with van der Waals surface area (Å²) in [7, 11) is 0. The van der Waals surface area contributed by atoms with Crippen LogP contribution in [0, 0.1) is 6.92 Å². The molecular formula is C13H15N3OS. The van der Waals surface area contributed by atoms with Gasteiger partial charge in [-0.15, -0.1) is 11.3 Å². The van der Waals surface area contributed by atoms with Gasteiger partial charge in [-0.05, 0) is 32.0 Å². The van der Waals surface area contributed by atoms with Crippen LogP contribution in [0.15, 0.2) is 30.6 Å². The maximum absolute atomic E-state index is 12.0. The molecule has 0 aromatic carbocycles. The maximum atomic E-state index is 12.0. The minimum Gasteiger partial charge on any atom is -0.397 e. The Morgan fingerprint density at radius 2 is 2.22 bits per heavy atom. The molecule has 2 aromatic heterocycles. The number of carbonyl (C=O) groups excluding carboxylic acids is 1. The molecule has 1 unspecified atom stereocenters. The van der Waals surface area contributed by atoms with Crippen molar-refractivity contribution in [3.8, 4) is 0 Å². The summed E-state index contributed by atoms with van der Waals surface area (Å²) in [4.78, 5) is 18.3. The molecule has 0 aliphatic rings. The molecule has 5 heteroatoms. The van der Waals surface area contributed by atoms with Crippen LogP contribution in [0.2, 0.25) is 0 Å². The Labute approximate surface area is 110 Å². The van der Waals surface area contributed by atoms with Crippen LogP contribution in [0.1, 0.15) is 33.1 Å². The van der Waals surface area contributed by atoms with Crippen LogP contribution >= 0.6 is 11.3 Å². The topological polar surface area (TPSA) is 68.0 Å². The van der Waals surface area contributed by atoms with E-state index in [4.69, 9.17) is 5.73 Å². The number of nitrogen functional groups attached to an aromatic ring is 1. The molecule has 0 saturated heterocycles. The van der Waals surface area contributed by atoms with E-state index in [1.165, 1.54) is 11.1 Å². The highest BCUT2D eigenvalue weighted by Gasteiger charge is 2.14. The van der Waals surface area contributed by atoms with Gasteiger partial charge < -0.3 is 11.1 Å². The van der Waals surface area contributed by atoms with E-state index in [-0.39, 0.29) is 11.9 Å². The SMILES string of the molecule is Cc1ccc(C(C)NC(=O)c2ccncc2N)s1. The number of hydrogen-bond acceptors (Lipinski definition) is 4. The lowest BCUT2D eigenvalue weighted by atomic mass is 10.2. The molecule has 2 rings (SSSR count). The Bertz CT molecular complexity index is 565. The fraction of sp³-hybridized carbons (Fsp3) is 0.231. The van der Waals surface area contributed by atoms with E-state index in [1.54, 1.807) is 23.6 Å². The van der Waals surface area contributed by atoms with Crippen LogP contribution < -0.4 is 11.1 Å². The van der Waals surface area contributed by atoms with E-state index in [1.807, 2.05) is 26.0 Å². The van der Waals surface area contributed by atoms with Gasteiger partial charge >= 0.3 is 0 Å². The Morgan fingerprint density at radius 1 is 1.44 bits per heavy atom. The Balaban J connectivity index is 2.10. The average Bonchev–Trinajstić information content (AvgIpc) is 2.76. The average molecular weight is 261 g/mol. The second-order valence-corrected chi connectivity index (χ2v) is 5.43. The molecule has 0 fully saturated rings. The van der Waals surface area contributed by atoms with Crippen molar-refractivity contribution in [2.75, 3.05) is 5.73 Å². The standard InChI is InChI=1S/C13H15N3OS/c1-8-3-4-12(18-8)9(2)16-13(17)10-5-6-15-7-11(10)14/h3-7,9H,14H2,1-2H3,(H,16,17). The molecule has 18 heavy (non-hydrogen) atoms. The minimum absolute atomic E-state index is 0.0243. The predicted octanol–water partition coefficient (Wildman–Crippen LogP) is 2.52. The highest BCUT2D eigenvalue weighted by molar-refractivity contribution is 7.12. The molecule has 1 amide bonds. The molecule has 0 radical (unpaired) electrons. The van der Waals surface area contributed by atoms with Crippen molar-refractivity contribution in [3.63, 3.8) is 0 Å². The maximum Gasteiger partial charge on any atom is 0.253 e. The number of hydrogen-bond donors (Lipinski definition) is 2. The normalized spacial score (nSPS) is 12.1. The summed E-state index contributed by atoms with van der Waals surface area (Å²) in [6.07, 6.45) is 3.04. The predicted molar refractivity (Wildman–Crippen MR) is 73.6 cm³/mol. The van der Waals surface area contributed by atoms with E-state index in [2.05, 4.69) is 10.3 Å². The molecule has 1 atom stereocenters. The number of amides is 1. The van der Waals surface area contributed by atoms with Crippen molar-refractivity contribution >= 4 is 22.9 Å². The van der Waals surface area contributed by atoms with Crippen molar-refractivity contribution in [1.82, 2.24) is 10.3 Å². The largest absolute Gasteiger partial charge is 0.397 e. The number of nitrogens with two attached hydrogens (primary N) is 1. The molecule has 2 heterocycles. The van der Waals surface area contributed by atoms with Gasteiger partial charge in [-0.3, -0.25) is 9.78 Å². The summed E-state index contributed by atoms with van der Waals surface area (Å²) < 4.78 is 0. The highest BCUT2D eigenvalue weighted by atomic mass is 32.1. The number of nitrogens with one attached hydrogen (secondary N) is 1. The van der Waals surface area contributed by atoms with E-state index in [0.29, 0.717) is 11.3 Å². The first kappa shape index (κ1) is 12.6. The van der Waals surface area contributed by atoms with Gasteiger partial charge in [0, 0.05) is 16.0 Å². The lowest BCUT2D eigenvalue weighted by Gasteiger charge is -2.13. The van der Waals surface area contributed by atoms with Crippen LogP contribution in [-0.4, -0.2) is 10.9 Å². The summed E-state index contributed by atoms with van der Waals surface area (Å²) in [5.41, 5.74) is 6.58. The number of rotatable bonds is 3. The van der Waals surface area contributed by atoms with Gasteiger partial charge in [0.15, 0.2) is 0 Å². The van der Waals surface area contributed by atoms with Gasteiger partial charge in [0.05, 0.1) is 23.5 Å². The number of aromatic nitrogens is 1. The molecule has 94 valence electrons. The number of thiophene rings is 1. The van der Waals surface area contributed by atoms with Crippen molar-refractivity contribution < 1.29 is 4.79 Å². The van der Waals surface area contributed by atoms with Crippen LogP contribution in [0.3, 0.4) is 0 Å². The zero-order chi connectivity index (χ0) is 13.1. The lowest BCUT2D eigenvalue weighted by Crippen LogP contribution is -2.26. The summed E-state index contributed by atoms with van der Waals surface area (Å²) >= 11 is 1.68. The molecule has 3 N–H and O–H groups in total. The zero-order valence-electron chi connectivity index (χ0n) is 10.3. The quantitative estimate of drug-likeness (QED) is 0.892. The van der Waals surface area contributed by atoms with Crippen LogP contribution in [0.5, 0.6) is 0 Å². The van der Waals surface area contributed by atoms with E-state index in [9.17, 15) is 4.79 Å². The Morgan fingerprint density at radius 3 is 2.83 bits per heavy atom. The third-order valence-electron chi connectivity index (χ3n) is 2.63. The van der Waals surface area contributed by atoms with Crippen molar-refractivity contribution in [3.05, 3.63) is 45.9 Å². The van der Waals surface area contributed by atoms with Crippen molar-refractivity contribution in [2.45, 2.75) is 19.9 Å². The number of nitrogens with zero attached hydrogens (tertiary/aromatic N) is 1. The number of anilines is 1. The van der Waals surface area contributed by atoms with Gasteiger partial charge in [0.1, 0.15) is 0 Å². The molecule has 0 aliphatic carbocycles. The van der Waals surface area contributed by atoms with Gasteiger partial charge in [-0.2, -0.15) is 0 Å². The Kier molecular flexibility index (Phi) is 3.62. The van der Waals surface area contributed by atoms with Crippen LogP contribution in [0.25, 0.3) is 0 Å². The molecule has 0 bridgehead atoms. The summed E-state index contributed by atoms with van der Waals surface area (Å²) in [6, 6.07) is 5.67. The molecule has 0 spiro atoms. The molecule has 0 aliphatic heterocycles. The third-order valence-corrected chi connectivity index (χ3v) is 3.82. The first-order valence-electron chi connectivity index (χ1n) is 5.64. The second kappa shape index (κ2) is 5.18. The molecule has 4 nitrogen and oxygen atoms in total. The van der Waals surface area contributed by atoms with Crippen LogP contribution in [-0.2, 0) is 0 Å². The lowest BCUT2D eigenvalue weighted by molar-refractivity contribution is 0.0941. The number of pyridine rings is 1.